The molecule has 0 N–H and O–H groups in total. The molecule has 19 heavy (non-hydrogen) atoms. The summed E-state index contributed by atoms with van der Waals surface area (Å²) in [6, 6.07) is 9.46. The van der Waals surface area contributed by atoms with E-state index in [1.807, 2.05) is 26.0 Å². The lowest BCUT2D eigenvalue weighted by Gasteiger charge is -2.17. The van der Waals surface area contributed by atoms with Crippen LogP contribution in [0.15, 0.2) is 39.9 Å². The third kappa shape index (κ3) is 3.05. The Kier molecular flexibility index (Phi) is 4.08. The molecule has 0 aliphatic carbocycles. The van der Waals surface area contributed by atoms with Gasteiger partial charge in [0.25, 0.3) is 10.0 Å². The molecule has 0 fully saturated rings. The maximum absolute atomic E-state index is 12.3. The van der Waals surface area contributed by atoms with Crippen LogP contribution in [0.2, 0.25) is 0 Å². The third-order valence-corrected chi connectivity index (χ3v) is 6.23. The standard InChI is InChI=1S/C14H17NO2S2/c1-11-6-7-13(12(2)9-11)10-15(3)19(16,17)14-5-4-8-18-14/h4-9H,10H2,1-3H3. The molecule has 0 spiro atoms. The number of benzene rings is 1. The van der Waals surface area contributed by atoms with E-state index in [4.69, 9.17) is 0 Å². The van der Waals surface area contributed by atoms with Gasteiger partial charge < -0.3 is 0 Å². The van der Waals surface area contributed by atoms with Gasteiger partial charge in [-0.1, -0.05) is 29.8 Å². The van der Waals surface area contributed by atoms with Crippen molar-refractivity contribution >= 4 is 21.4 Å². The van der Waals surface area contributed by atoms with Crippen LogP contribution in [0.5, 0.6) is 0 Å². The number of hydrogen-bond donors (Lipinski definition) is 0. The van der Waals surface area contributed by atoms with Crippen molar-refractivity contribution in [3.63, 3.8) is 0 Å². The molecule has 2 aromatic rings. The zero-order valence-electron chi connectivity index (χ0n) is 11.3. The van der Waals surface area contributed by atoms with Gasteiger partial charge in [0, 0.05) is 13.6 Å². The molecule has 1 aromatic carbocycles. The van der Waals surface area contributed by atoms with E-state index in [1.165, 1.54) is 21.2 Å². The Morgan fingerprint density at radius 3 is 2.53 bits per heavy atom. The molecular formula is C14H17NO2S2. The summed E-state index contributed by atoms with van der Waals surface area (Å²) >= 11 is 1.25. The van der Waals surface area contributed by atoms with Crippen molar-refractivity contribution in [2.75, 3.05) is 7.05 Å². The smallest absolute Gasteiger partial charge is 0.206 e. The first-order chi connectivity index (χ1) is 8.91. The largest absolute Gasteiger partial charge is 0.252 e. The molecular weight excluding hydrogens is 278 g/mol. The number of sulfonamides is 1. The van der Waals surface area contributed by atoms with Crippen LogP contribution >= 0.6 is 11.3 Å². The number of nitrogens with zero attached hydrogens (tertiary/aromatic N) is 1. The van der Waals surface area contributed by atoms with Gasteiger partial charge in [0.15, 0.2) is 0 Å². The molecule has 0 amide bonds. The Bertz CT molecular complexity index is 661. The first kappa shape index (κ1) is 14.2. The van der Waals surface area contributed by atoms with Crippen molar-refractivity contribution in [2.45, 2.75) is 24.6 Å². The SMILES string of the molecule is Cc1ccc(CN(C)S(=O)(=O)c2cccs2)c(C)c1. The topological polar surface area (TPSA) is 37.4 Å². The summed E-state index contributed by atoms with van der Waals surface area (Å²) in [5.74, 6) is 0. The first-order valence-electron chi connectivity index (χ1n) is 5.97. The number of aryl methyl sites for hydroxylation is 2. The van der Waals surface area contributed by atoms with Gasteiger partial charge in [0.05, 0.1) is 0 Å². The van der Waals surface area contributed by atoms with E-state index < -0.39 is 10.0 Å². The van der Waals surface area contributed by atoms with E-state index in [0.717, 1.165) is 11.1 Å². The van der Waals surface area contributed by atoms with Gasteiger partial charge in [-0.2, -0.15) is 4.31 Å². The number of thiophene rings is 1. The zero-order valence-corrected chi connectivity index (χ0v) is 12.9. The molecule has 5 heteroatoms. The summed E-state index contributed by atoms with van der Waals surface area (Å²) in [5, 5.41) is 1.78. The van der Waals surface area contributed by atoms with Gasteiger partial charge in [-0.05, 0) is 36.4 Å². The second-order valence-electron chi connectivity index (χ2n) is 4.62. The third-order valence-electron chi connectivity index (χ3n) is 3.05. The van der Waals surface area contributed by atoms with Crippen molar-refractivity contribution in [2.24, 2.45) is 0 Å². The second kappa shape index (κ2) is 5.45. The van der Waals surface area contributed by atoms with Crippen molar-refractivity contribution in [1.29, 1.82) is 0 Å². The van der Waals surface area contributed by atoms with Gasteiger partial charge in [-0.3, -0.25) is 0 Å². The van der Waals surface area contributed by atoms with Crippen molar-refractivity contribution in [3.8, 4) is 0 Å². The normalized spacial score (nSPS) is 12.0. The van der Waals surface area contributed by atoms with Crippen molar-refractivity contribution < 1.29 is 8.42 Å². The fourth-order valence-corrected chi connectivity index (χ4v) is 4.26. The molecule has 0 unspecified atom stereocenters. The minimum Gasteiger partial charge on any atom is -0.206 e. The fraction of sp³-hybridized carbons (Fsp3) is 0.286. The molecule has 2 rings (SSSR count). The molecule has 0 saturated carbocycles. The molecule has 1 aromatic heterocycles. The average Bonchev–Trinajstić information content (AvgIpc) is 2.86. The lowest BCUT2D eigenvalue weighted by Crippen LogP contribution is -2.26. The highest BCUT2D eigenvalue weighted by Gasteiger charge is 2.22. The lowest BCUT2D eigenvalue weighted by molar-refractivity contribution is 0.467. The van der Waals surface area contributed by atoms with E-state index in [9.17, 15) is 8.42 Å². The lowest BCUT2D eigenvalue weighted by atomic mass is 10.1. The highest BCUT2D eigenvalue weighted by atomic mass is 32.2. The van der Waals surface area contributed by atoms with E-state index in [0.29, 0.717) is 10.8 Å². The van der Waals surface area contributed by atoms with Gasteiger partial charge in [-0.25, -0.2) is 8.42 Å². The summed E-state index contributed by atoms with van der Waals surface area (Å²) in [6.45, 7) is 4.43. The fourth-order valence-electron chi connectivity index (χ4n) is 1.91. The number of rotatable bonds is 4. The quantitative estimate of drug-likeness (QED) is 0.868. The summed E-state index contributed by atoms with van der Waals surface area (Å²) in [5.41, 5.74) is 3.34. The number of hydrogen-bond acceptors (Lipinski definition) is 3. The average molecular weight is 295 g/mol. The molecule has 0 radical (unpaired) electrons. The summed E-state index contributed by atoms with van der Waals surface area (Å²) in [4.78, 5) is 0. The predicted molar refractivity (Wildman–Crippen MR) is 78.9 cm³/mol. The van der Waals surface area contributed by atoms with Crippen LogP contribution in [0.3, 0.4) is 0 Å². The first-order valence-corrected chi connectivity index (χ1v) is 8.29. The van der Waals surface area contributed by atoms with Crippen LogP contribution in [0.1, 0.15) is 16.7 Å². The minimum absolute atomic E-state index is 0.389. The molecule has 0 aliphatic heterocycles. The second-order valence-corrected chi connectivity index (χ2v) is 7.84. The van der Waals surface area contributed by atoms with Crippen LogP contribution < -0.4 is 0 Å². The Hall–Kier alpha value is -1.17. The van der Waals surface area contributed by atoms with E-state index in [-0.39, 0.29) is 0 Å². The van der Waals surface area contributed by atoms with Gasteiger partial charge >= 0.3 is 0 Å². The maximum Gasteiger partial charge on any atom is 0.252 e. The van der Waals surface area contributed by atoms with Crippen molar-refractivity contribution in [1.82, 2.24) is 4.31 Å². The summed E-state index contributed by atoms with van der Waals surface area (Å²) < 4.78 is 26.4. The monoisotopic (exact) mass is 295 g/mol. The molecule has 1 heterocycles. The van der Waals surface area contributed by atoms with E-state index in [2.05, 4.69) is 6.07 Å². The van der Waals surface area contributed by atoms with Gasteiger partial charge in [-0.15, -0.1) is 11.3 Å². The zero-order chi connectivity index (χ0) is 14.0. The molecule has 0 bridgehead atoms. The Morgan fingerprint density at radius 1 is 1.21 bits per heavy atom. The van der Waals surface area contributed by atoms with Gasteiger partial charge in [0.1, 0.15) is 4.21 Å². The van der Waals surface area contributed by atoms with Crippen LogP contribution in [0.25, 0.3) is 0 Å². The Labute approximate surface area is 118 Å². The highest BCUT2D eigenvalue weighted by Crippen LogP contribution is 2.22. The Morgan fingerprint density at radius 2 is 1.95 bits per heavy atom. The van der Waals surface area contributed by atoms with Crippen LogP contribution in [0, 0.1) is 13.8 Å². The molecule has 0 saturated heterocycles. The van der Waals surface area contributed by atoms with Crippen LogP contribution in [-0.4, -0.2) is 19.8 Å². The van der Waals surface area contributed by atoms with E-state index in [1.54, 1.807) is 24.6 Å². The molecule has 3 nitrogen and oxygen atoms in total. The maximum atomic E-state index is 12.3. The minimum atomic E-state index is -3.37. The molecule has 0 aliphatic rings. The predicted octanol–water partition coefficient (Wildman–Crippen LogP) is 3.19. The summed E-state index contributed by atoms with van der Waals surface area (Å²) in [6.07, 6.45) is 0. The van der Waals surface area contributed by atoms with E-state index >= 15 is 0 Å². The van der Waals surface area contributed by atoms with Crippen LogP contribution in [0.4, 0.5) is 0 Å². The van der Waals surface area contributed by atoms with Crippen molar-refractivity contribution in [3.05, 3.63) is 52.4 Å². The van der Waals surface area contributed by atoms with Gasteiger partial charge in [0.2, 0.25) is 0 Å². The Balaban J connectivity index is 2.24. The highest BCUT2D eigenvalue weighted by molar-refractivity contribution is 7.91. The van der Waals surface area contributed by atoms with Crippen LogP contribution in [-0.2, 0) is 16.6 Å². The summed E-state index contributed by atoms with van der Waals surface area (Å²) in [7, 11) is -1.75. The molecule has 0 atom stereocenters. The molecule has 102 valence electrons.